The number of benzene rings is 2. The van der Waals surface area contributed by atoms with Crippen LogP contribution in [0, 0.1) is 20.8 Å². The van der Waals surface area contributed by atoms with Gasteiger partial charge in [0.2, 0.25) is 10.0 Å². The summed E-state index contributed by atoms with van der Waals surface area (Å²) in [5.74, 6) is -0.510. The number of rotatable bonds is 6. The van der Waals surface area contributed by atoms with E-state index in [1.807, 2.05) is 39.0 Å². The summed E-state index contributed by atoms with van der Waals surface area (Å²) in [7, 11) is -2.36. The highest BCUT2D eigenvalue weighted by Crippen LogP contribution is 2.14. The van der Waals surface area contributed by atoms with Crippen LogP contribution in [-0.2, 0) is 14.8 Å². The third-order valence-corrected chi connectivity index (χ3v) is 5.73. The highest BCUT2D eigenvalue weighted by atomic mass is 32.2. The number of hydrogen-bond acceptors (Lipinski definition) is 4. The smallest absolute Gasteiger partial charge is 0.255 e. The van der Waals surface area contributed by atoms with Gasteiger partial charge in [0.15, 0.2) is 0 Å². The predicted molar refractivity (Wildman–Crippen MR) is 103 cm³/mol. The lowest BCUT2D eigenvalue weighted by molar-refractivity contribution is -0.121. The van der Waals surface area contributed by atoms with E-state index in [1.165, 1.54) is 19.2 Å². The van der Waals surface area contributed by atoms with Gasteiger partial charge < -0.3 is 0 Å². The van der Waals surface area contributed by atoms with E-state index in [9.17, 15) is 13.2 Å². The standard InChI is InChI=1S/C19H23N3O3S/c1-14-6-9-18(10-7-14)26(24,25)22(4)13-19(23)21-20-12-17-8-5-15(2)11-16(17)3/h5-12H,13H2,1-4H3,(H,21,23)/b20-12-. The molecule has 0 aliphatic heterocycles. The lowest BCUT2D eigenvalue weighted by Gasteiger charge is -2.16. The van der Waals surface area contributed by atoms with Crippen molar-refractivity contribution >= 4 is 22.1 Å². The summed E-state index contributed by atoms with van der Waals surface area (Å²) >= 11 is 0. The maximum absolute atomic E-state index is 12.5. The Morgan fingerprint density at radius 3 is 2.31 bits per heavy atom. The number of nitrogens with zero attached hydrogens (tertiary/aromatic N) is 2. The van der Waals surface area contributed by atoms with Crippen LogP contribution in [0.1, 0.15) is 22.3 Å². The Morgan fingerprint density at radius 1 is 1.08 bits per heavy atom. The largest absolute Gasteiger partial charge is 0.272 e. The number of nitrogens with one attached hydrogen (secondary N) is 1. The first-order valence-corrected chi connectivity index (χ1v) is 9.56. The van der Waals surface area contributed by atoms with E-state index in [0.717, 1.165) is 26.6 Å². The maximum Gasteiger partial charge on any atom is 0.255 e. The van der Waals surface area contributed by atoms with Gasteiger partial charge in [-0.1, -0.05) is 41.5 Å². The lowest BCUT2D eigenvalue weighted by atomic mass is 10.1. The number of sulfonamides is 1. The van der Waals surface area contributed by atoms with Crippen molar-refractivity contribution in [2.75, 3.05) is 13.6 Å². The van der Waals surface area contributed by atoms with Gasteiger partial charge in [-0.15, -0.1) is 0 Å². The Labute approximate surface area is 154 Å². The second kappa shape index (κ2) is 8.25. The SMILES string of the molecule is Cc1ccc(S(=O)(=O)N(C)CC(=O)N/N=C\c2ccc(C)cc2C)cc1. The van der Waals surface area contributed by atoms with Crippen LogP contribution in [0.25, 0.3) is 0 Å². The Hall–Kier alpha value is -2.51. The highest BCUT2D eigenvalue weighted by Gasteiger charge is 2.22. The molecule has 7 heteroatoms. The fourth-order valence-corrected chi connectivity index (χ4v) is 3.48. The summed E-state index contributed by atoms with van der Waals surface area (Å²) < 4.78 is 25.9. The zero-order valence-electron chi connectivity index (χ0n) is 15.4. The molecule has 0 aromatic heterocycles. The Kier molecular flexibility index (Phi) is 6.28. The number of carbonyl (C=O) groups is 1. The van der Waals surface area contributed by atoms with Crippen LogP contribution in [0.15, 0.2) is 52.5 Å². The fraction of sp³-hybridized carbons (Fsp3) is 0.263. The summed E-state index contributed by atoms with van der Waals surface area (Å²) in [6.07, 6.45) is 1.54. The van der Waals surface area contributed by atoms with Gasteiger partial charge in [0.1, 0.15) is 0 Å². The second-order valence-electron chi connectivity index (χ2n) is 6.23. The minimum atomic E-state index is -3.72. The summed E-state index contributed by atoms with van der Waals surface area (Å²) in [5.41, 5.74) is 6.40. The zero-order valence-corrected chi connectivity index (χ0v) is 16.2. The number of hydrazone groups is 1. The molecule has 2 rings (SSSR count). The van der Waals surface area contributed by atoms with E-state index in [-0.39, 0.29) is 11.4 Å². The van der Waals surface area contributed by atoms with E-state index >= 15 is 0 Å². The molecule has 2 aromatic rings. The van der Waals surface area contributed by atoms with Crippen molar-refractivity contribution in [1.29, 1.82) is 0 Å². The molecule has 0 saturated heterocycles. The molecule has 0 saturated carbocycles. The van der Waals surface area contributed by atoms with Crippen molar-refractivity contribution < 1.29 is 13.2 Å². The van der Waals surface area contributed by atoms with Crippen LogP contribution in [-0.4, -0.2) is 38.4 Å². The van der Waals surface area contributed by atoms with Gasteiger partial charge in [-0.2, -0.15) is 9.41 Å². The fourth-order valence-electron chi connectivity index (χ4n) is 2.36. The van der Waals surface area contributed by atoms with Crippen molar-refractivity contribution in [3.8, 4) is 0 Å². The number of likely N-dealkylation sites (N-methyl/N-ethyl adjacent to an activating group) is 1. The summed E-state index contributed by atoms with van der Waals surface area (Å²) in [4.78, 5) is 12.1. The van der Waals surface area contributed by atoms with Crippen molar-refractivity contribution in [3.05, 3.63) is 64.7 Å². The third kappa shape index (κ3) is 5.00. The van der Waals surface area contributed by atoms with Crippen LogP contribution < -0.4 is 5.43 Å². The normalized spacial score (nSPS) is 11.9. The topological polar surface area (TPSA) is 78.8 Å². The van der Waals surface area contributed by atoms with E-state index < -0.39 is 15.9 Å². The molecular formula is C19H23N3O3S. The molecule has 0 aliphatic rings. The Balaban J connectivity index is 1.98. The molecular weight excluding hydrogens is 350 g/mol. The molecule has 26 heavy (non-hydrogen) atoms. The molecule has 138 valence electrons. The molecule has 6 nitrogen and oxygen atoms in total. The lowest BCUT2D eigenvalue weighted by Crippen LogP contribution is -2.36. The van der Waals surface area contributed by atoms with E-state index in [0.29, 0.717) is 0 Å². The molecule has 0 bridgehead atoms. The molecule has 0 heterocycles. The van der Waals surface area contributed by atoms with E-state index in [4.69, 9.17) is 0 Å². The average molecular weight is 373 g/mol. The zero-order chi connectivity index (χ0) is 19.3. The van der Waals surface area contributed by atoms with Crippen molar-refractivity contribution in [2.24, 2.45) is 5.10 Å². The van der Waals surface area contributed by atoms with Crippen molar-refractivity contribution in [1.82, 2.24) is 9.73 Å². The van der Waals surface area contributed by atoms with Gasteiger partial charge in [-0.05, 0) is 44.0 Å². The monoisotopic (exact) mass is 373 g/mol. The van der Waals surface area contributed by atoms with Gasteiger partial charge >= 0.3 is 0 Å². The van der Waals surface area contributed by atoms with Gasteiger partial charge in [-0.25, -0.2) is 13.8 Å². The number of amides is 1. The third-order valence-electron chi connectivity index (χ3n) is 3.91. The maximum atomic E-state index is 12.5. The summed E-state index contributed by atoms with van der Waals surface area (Å²) in [6.45, 7) is 5.51. The molecule has 0 fully saturated rings. The number of aryl methyl sites for hydroxylation is 3. The minimum absolute atomic E-state index is 0.150. The number of hydrogen-bond donors (Lipinski definition) is 1. The van der Waals surface area contributed by atoms with Gasteiger partial charge in [0.25, 0.3) is 5.91 Å². The van der Waals surface area contributed by atoms with E-state index in [1.54, 1.807) is 18.3 Å². The molecule has 1 N–H and O–H groups in total. The van der Waals surface area contributed by atoms with E-state index in [2.05, 4.69) is 10.5 Å². The molecule has 0 unspecified atom stereocenters. The van der Waals surface area contributed by atoms with Gasteiger partial charge in [0.05, 0.1) is 17.7 Å². The second-order valence-corrected chi connectivity index (χ2v) is 8.27. The first kappa shape index (κ1) is 19.8. The van der Waals surface area contributed by atoms with Crippen molar-refractivity contribution in [3.63, 3.8) is 0 Å². The van der Waals surface area contributed by atoms with Crippen LogP contribution in [0.2, 0.25) is 0 Å². The van der Waals surface area contributed by atoms with Crippen LogP contribution in [0.5, 0.6) is 0 Å². The Morgan fingerprint density at radius 2 is 1.69 bits per heavy atom. The summed E-state index contributed by atoms with van der Waals surface area (Å²) in [6, 6.07) is 12.4. The van der Waals surface area contributed by atoms with Crippen LogP contribution >= 0.6 is 0 Å². The molecule has 0 radical (unpaired) electrons. The summed E-state index contributed by atoms with van der Waals surface area (Å²) in [5, 5.41) is 3.91. The Bertz CT molecular complexity index is 920. The molecule has 0 aliphatic carbocycles. The minimum Gasteiger partial charge on any atom is -0.272 e. The van der Waals surface area contributed by atoms with Gasteiger partial charge in [-0.3, -0.25) is 4.79 Å². The average Bonchev–Trinajstić information content (AvgIpc) is 2.57. The predicted octanol–water partition coefficient (Wildman–Crippen LogP) is 2.38. The van der Waals surface area contributed by atoms with Gasteiger partial charge in [0, 0.05) is 7.05 Å². The quantitative estimate of drug-likeness (QED) is 0.624. The first-order chi connectivity index (χ1) is 12.2. The van der Waals surface area contributed by atoms with Crippen molar-refractivity contribution in [2.45, 2.75) is 25.7 Å². The molecule has 1 amide bonds. The molecule has 2 aromatic carbocycles. The highest BCUT2D eigenvalue weighted by molar-refractivity contribution is 7.89. The van der Waals surface area contributed by atoms with Crippen LogP contribution in [0.4, 0.5) is 0 Å². The molecule has 0 atom stereocenters. The number of carbonyl (C=O) groups excluding carboxylic acids is 1. The van der Waals surface area contributed by atoms with Crippen LogP contribution in [0.3, 0.4) is 0 Å². The molecule has 0 spiro atoms. The first-order valence-electron chi connectivity index (χ1n) is 8.12.